The Labute approximate surface area is 191 Å². The third kappa shape index (κ3) is 3.98. The van der Waals surface area contributed by atoms with Crippen LogP contribution in [0.5, 0.6) is 23.0 Å². The van der Waals surface area contributed by atoms with E-state index >= 15 is 0 Å². The Balaban J connectivity index is 1.39. The van der Waals surface area contributed by atoms with Gasteiger partial charge in [-0.3, -0.25) is 0 Å². The van der Waals surface area contributed by atoms with Gasteiger partial charge in [0.2, 0.25) is 28.6 Å². The van der Waals surface area contributed by atoms with Gasteiger partial charge in [0, 0.05) is 24.7 Å². The van der Waals surface area contributed by atoms with Crippen LogP contribution in [0.1, 0.15) is 24.7 Å². The van der Waals surface area contributed by atoms with Crippen molar-refractivity contribution in [3.8, 4) is 34.5 Å². The van der Waals surface area contributed by atoms with E-state index < -0.39 is 10.0 Å². The predicted octanol–water partition coefficient (Wildman–Crippen LogP) is 3.05. The summed E-state index contributed by atoms with van der Waals surface area (Å²) in [6, 6.07) is 10.1. The van der Waals surface area contributed by atoms with Crippen LogP contribution in [0.4, 0.5) is 0 Å². The van der Waals surface area contributed by atoms with Crippen LogP contribution in [-0.2, 0) is 10.0 Å². The number of hydrogen-bond acceptors (Lipinski definition) is 9. The molecule has 0 amide bonds. The van der Waals surface area contributed by atoms with E-state index in [1.807, 2.05) is 6.07 Å². The number of hydrogen-bond donors (Lipinski definition) is 0. The number of nitrogens with zero attached hydrogens (tertiary/aromatic N) is 3. The molecule has 174 valence electrons. The zero-order valence-corrected chi connectivity index (χ0v) is 19.0. The van der Waals surface area contributed by atoms with E-state index in [4.69, 9.17) is 23.4 Å². The molecule has 2 aromatic carbocycles. The van der Waals surface area contributed by atoms with Crippen LogP contribution in [0.25, 0.3) is 11.5 Å². The molecule has 1 fully saturated rings. The van der Waals surface area contributed by atoms with Crippen LogP contribution >= 0.6 is 0 Å². The SMILES string of the molecule is COc1ccc(OC)c(S(=O)(=O)N2CCCC(c3nnc(-c4ccc5c(c4)OCO5)o3)C2)c1. The second-order valence-corrected chi connectivity index (χ2v) is 9.64. The van der Waals surface area contributed by atoms with Crippen LogP contribution in [0.3, 0.4) is 0 Å². The van der Waals surface area contributed by atoms with Gasteiger partial charge in [-0.05, 0) is 43.2 Å². The van der Waals surface area contributed by atoms with Gasteiger partial charge >= 0.3 is 0 Å². The van der Waals surface area contributed by atoms with Gasteiger partial charge < -0.3 is 23.4 Å². The van der Waals surface area contributed by atoms with Gasteiger partial charge in [-0.1, -0.05) is 0 Å². The maximum atomic E-state index is 13.4. The summed E-state index contributed by atoms with van der Waals surface area (Å²) in [6.45, 7) is 0.798. The van der Waals surface area contributed by atoms with Gasteiger partial charge in [0.05, 0.1) is 20.1 Å². The molecule has 1 saturated heterocycles. The Hall–Kier alpha value is -3.31. The number of sulfonamides is 1. The highest BCUT2D eigenvalue weighted by Gasteiger charge is 2.35. The number of rotatable bonds is 6. The molecule has 11 heteroatoms. The summed E-state index contributed by atoms with van der Waals surface area (Å²) in [4.78, 5) is 0.0663. The van der Waals surface area contributed by atoms with Crippen molar-refractivity contribution in [3.63, 3.8) is 0 Å². The highest BCUT2D eigenvalue weighted by Crippen LogP contribution is 2.37. The summed E-state index contributed by atoms with van der Waals surface area (Å²) < 4.78 is 55.5. The maximum absolute atomic E-state index is 13.4. The fraction of sp³-hybridized carbons (Fsp3) is 0.364. The molecule has 2 aliphatic heterocycles. The Morgan fingerprint density at radius 2 is 1.88 bits per heavy atom. The van der Waals surface area contributed by atoms with Gasteiger partial charge in [-0.15, -0.1) is 10.2 Å². The third-order valence-corrected chi connectivity index (χ3v) is 7.67. The molecule has 33 heavy (non-hydrogen) atoms. The standard InChI is InChI=1S/C22H23N3O7S/c1-28-16-6-8-18(29-2)20(11-16)33(26,27)25-9-3-4-15(12-25)22-24-23-21(32-22)14-5-7-17-19(10-14)31-13-30-17/h5-8,10-11,15H,3-4,9,12-13H2,1-2H3. The smallest absolute Gasteiger partial charge is 0.247 e. The van der Waals surface area contributed by atoms with Crippen molar-refractivity contribution in [1.82, 2.24) is 14.5 Å². The number of benzene rings is 2. The molecule has 3 heterocycles. The first-order valence-electron chi connectivity index (χ1n) is 10.4. The summed E-state index contributed by atoms with van der Waals surface area (Å²) in [7, 11) is -0.893. The largest absolute Gasteiger partial charge is 0.497 e. The average molecular weight is 474 g/mol. The molecule has 1 aromatic heterocycles. The van der Waals surface area contributed by atoms with E-state index in [2.05, 4.69) is 10.2 Å². The lowest BCUT2D eigenvalue weighted by atomic mass is 10.00. The summed E-state index contributed by atoms with van der Waals surface area (Å²) in [6.07, 6.45) is 1.40. The van der Waals surface area contributed by atoms with Crippen LogP contribution in [0.2, 0.25) is 0 Å². The third-order valence-electron chi connectivity index (χ3n) is 5.78. The Morgan fingerprint density at radius 1 is 1.03 bits per heavy atom. The average Bonchev–Trinajstić information content (AvgIpc) is 3.53. The van der Waals surface area contributed by atoms with Crippen molar-refractivity contribution < 1.29 is 31.8 Å². The van der Waals surface area contributed by atoms with E-state index in [0.717, 1.165) is 6.42 Å². The Morgan fingerprint density at radius 3 is 2.70 bits per heavy atom. The van der Waals surface area contributed by atoms with E-state index in [1.165, 1.54) is 24.6 Å². The van der Waals surface area contributed by atoms with Crippen LogP contribution in [-0.4, -0.2) is 57.0 Å². The summed E-state index contributed by atoms with van der Waals surface area (Å²) in [5.74, 6) is 2.52. The molecule has 0 radical (unpaired) electrons. The molecule has 1 atom stereocenters. The van der Waals surface area contributed by atoms with Gasteiger partial charge in [-0.2, -0.15) is 4.31 Å². The van der Waals surface area contributed by atoms with E-state index in [-0.39, 0.29) is 29.9 Å². The minimum Gasteiger partial charge on any atom is -0.497 e. The number of ether oxygens (including phenoxy) is 4. The molecule has 3 aromatic rings. The van der Waals surface area contributed by atoms with Crippen molar-refractivity contribution >= 4 is 10.0 Å². The summed E-state index contributed by atoms with van der Waals surface area (Å²) in [5, 5.41) is 8.37. The van der Waals surface area contributed by atoms with Crippen molar-refractivity contribution in [2.24, 2.45) is 0 Å². The van der Waals surface area contributed by atoms with E-state index in [1.54, 1.807) is 24.3 Å². The maximum Gasteiger partial charge on any atom is 0.247 e. The zero-order chi connectivity index (χ0) is 23.0. The van der Waals surface area contributed by atoms with Crippen molar-refractivity contribution in [2.45, 2.75) is 23.7 Å². The molecular formula is C22H23N3O7S. The van der Waals surface area contributed by atoms with E-state index in [0.29, 0.717) is 47.6 Å². The number of fused-ring (bicyclic) bond motifs is 1. The van der Waals surface area contributed by atoms with Crippen LogP contribution in [0, 0.1) is 0 Å². The topological polar surface area (TPSA) is 113 Å². The second-order valence-electron chi connectivity index (χ2n) is 7.73. The Kier molecular flexibility index (Phi) is 5.59. The molecule has 1 unspecified atom stereocenters. The zero-order valence-electron chi connectivity index (χ0n) is 18.2. The molecule has 0 saturated carbocycles. The first-order chi connectivity index (χ1) is 16.0. The molecule has 5 rings (SSSR count). The fourth-order valence-corrected chi connectivity index (χ4v) is 5.73. The van der Waals surface area contributed by atoms with Crippen LogP contribution < -0.4 is 18.9 Å². The first kappa shape index (κ1) is 21.5. The minimum absolute atomic E-state index is 0.0663. The first-order valence-corrected chi connectivity index (χ1v) is 11.9. The lowest BCUT2D eigenvalue weighted by Gasteiger charge is -2.30. The van der Waals surface area contributed by atoms with Gasteiger partial charge in [0.1, 0.15) is 16.4 Å². The molecule has 0 N–H and O–H groups in total. The van der Waals surface area contributed by atoms with Gasteiger partial charge in [-0.25, -0.2) is 8.42 Å². The van der Waals surface area contributed by atoms with Crippen molar-refractivity contribution in [2.75, 3.05) is 34.1 Å². The normalized spacial score (nSPS) is 18.3. The molecular weight excluding hydrogens is 450 g/mol. The quantitative estimate of drug-likeness (QED) is 0.533. The second kappa shape index (κ2) is 8.56. The van der Waals surface area contributed by atoms with Crippen molar-refractivity contribution in [1.29, 1.82) is 0 Å². The predicted molar refractivity (Wildman–Crippen MR) is 116 cm³/mol. The van der Waals surface area contributed by atoms with Gasteiger partial charge in [0.25, 0.3) is 0 Å². The summed E-state index contributed by atoms with van der Waals surface area (Å²) in [5.41, 5.74) is 0.708. The summed E-state index contributed by atoms with van der Waals surface area (Å²) >= 11 is 0. The van der Waals surface area contributed by atoms with Crippen LogP contribution in [0.15, 0.2) is 45.7 Å². The molecule has 0 aliphatic carbocycles. The number of methoxy groups -OCH3 is 2. The fourth-order valence-electron chi connectivity index (χ4n) is 4.03. The monoisotopic (exact) mass is 473 g/mol. The van der Waals surface area contributed by atoms with E-state index in [9.17, 15) is 8.42 Å². The molecule has 10 nitrogen and oxygen atoms in total. The number of aromatic nitrogens is 2. The van der Waals surface area contributed by atoms with Gasteiger partial charge in [0.15, 0.2) is 11.5 Å². The molecule has 0 spiro atoms. The van der Waals surface area contributed by atoms with Crippen molar-refractivity contribution in [3.05, 3.63) is 42.3 Å². The molecule has 2 aliphatic rings. The highest BCUT2D eigenvalue weighted by molar-refractivity contribution is 7.89. The number of piperidine rings is 1. The lowest BCUT2D eigenvalue weighted by molar-refractivity contribution is 0.174. The highest BCUT2D eigenvalue weighted by atomic mass is 32.2. The lowest BCUT2D eigenvalue weighted by Crippen LogP contribution is -2.39. The minimum atomic E-state index is -3.82. The molecule has 0 bridgehead atoms. The Bertz CT molecular complexity index is 1270.